The molecule has 0 saturated carbocycles. The van der Waals surface area contributed by atoms with Gasteiger partial charge in [-0.05, 0) is 68.0 Å². The molecule has 2 heterocycles. The first-order valence-electron chi connectivity index (χ1n) is 11.2. The number of carbonyl (C=O) groups is 3. The molecule has 35 heavy (non-hydrogen) atoms. The molecule has 0 aliphatic carbocycles. The van der Waals surface area contributed by atoms with E-state index in [1.807, 2.05) is 13.8 Å². The predicted octanol–water partition coefficient (Wildman–Crippen LogP) is 5.45. The van der Waals surface area contributed by atoms with E-state index in [4.69, 9.17) is 28.3 Å². The van der Waals surface area contributed by atoms with Gasteiger partial charge in [-0.25, -0.2) is 0 Å². The first-order valence-corrected chi connectivity index (χ1v) is 11.9. The summed E-state index contributed by atoms with van der Waals surface area (Å²) in [6, 6.07) is 8.58. The Hall–Kier alpha value is -3.34. The molecule has 1 fully saturated rings. The molecule has 0 bridgehead atoms. The average Bonchev–Trinajstić information content (AvgIpc) is 3.15. The number of carboxylic acids is 1. The van der Waals surface area contributed by atoms with Crippen LogP contribution in [0.2, 0.25) is 10.0 Å². The number of aryl methyl sites for hydroxylation is 2. The normalized spacial score (nSPS) is 14.2. The molecule has 1 aliphatic heterocycles. The molecule has 0 unspecified atom stereocenters. The molecule has 3 aromatic rings. The number of nitriles is 1. The van der Waals surface area contributed by atoms with E-state index in [0.29, 0.717) is 37.0 Å². The van der Waals surface area contributed by atoms with Gasteiger partial charge >= 0.3 is 5.97 Å². The Morgan fingerprint density at radius 1 is 1.09 bits per heavy atom. The van der Waals surface area contributed by atoms with E-state index in [9.17, 15) is 19.6 Å². The van der Waals surface area contributed by atoms with Crippen molar-refractivity contribution in [3.63, 3.8) is 0 Å². The lowest BCUT2D eigenvalue weighted by molar-refractivity contribution is -0.138. The summed E-state index contributed by atoms with van der Waals surface area (Å²) in [7, 11) is 0. The SMILES string of the molecule is Cc1cn(C(=O)c2c(Cl)ccc(C(=O)N3CCC(CC(=O)O)CC3)c2Cl)c2c(C)cc(C#N)cc12. The summed E-state index contributed by atoms with van der Waals surface area (Å²) in [6.07, 6.45) is 2.94. The maximum absolute atomic E-state index is 13.7. The zero-order valence-electron chi connectivity index (χ0n) is 19.3. The minimum atomic E-state index is -0.842. The Balaban J connectivity index is 1.69. The predicted molar refractivity (Wildman–Crippen MR) is 133 cm³/mol. The van der Waals surface area contributed by atoms with Crippen LogP contribution in [0.4, 0.5) is 0 Å². The Morgan fingerprint density at radius 2 is 1.77 bits per heavy atom. The number of likely N-dealkylation sites (tertiary alicyclic amines) is 1. The molecule has 0 spiro atoms. The van der Waals surface area contributed by atoms with Crippen LogP contribution in [0.15, 0.2) is 30.5 Å². The van der Waals surface area contributed by atoms with Crippen molar-refractivity contribution in [1.29, 1.82) is 5.26 Å². The summed E-state index contributed by atoms with van der Waals surface area (Å²) < 4.78 is 1.46. The van der Waals surface area contributed by atoms with E-state index in [1.165, 1.54) is 16.7 Å². The van der Waals surface area contributed by atoms with E-state index in [2.05, 4.69) is 6.07 Å². The summed E-state index contributed by atoms with van der Waals surface area (Å²) in [5.41, 5.74) is 2.92. The molecule has 4 rings (SSSR count). The van der Waals surface area contributed by atoms with Gasteiger partial charge in [0.1, 0.15) is 0 Å². The first kappa shape index (κ1) is 24.8. The van der Waals surface area contributed by atoms with Gasteiger partial charge in [-0.2, -0.15) is 5.26 Å². The number of nitrogens with zero attached hydrogens (tertiary/aromatic N) is 3. The van der Waals surface area contributed by atoms with Gasteiger partial charge in [0, 0.05) is 31.1 Å². The van der Waals surface area contributed by atoms with E-state index < -0.39 is 11.9 Å². The molecule has 7 nitrogen and oxygen atoms in total. The van der Waals surface area contributed by atoms with Crippen molar-refractivity contribution >= 4 is 51.9 Å². The number of rotatable bonds is 4. The Labute approximate surface area is 212 Å². The third kappa shape index (κ3) is 4.64. The van der Waals surface area contributed by atoms with Crippen LogP contribution in [0.5, 0.6) is 0 Å². The van der Waals surface area contributed by atoms with E-state index in [0.717, 1.165) is 16.5 Å². The molecule has 1 N–H and O–H groups in total. The number of carboxylic acid groups (broad SMARTS) is 1. The largest absolute Gasteiger partial charge is 0.481 e. The number of carbonyl (C=O) groups excluding carboxylic acids is 2. The van der Waals surface area contributed by atoms with Crippen molar-refractivity contribution in [2.75, 3.05) is 13.1 Å². The Kier molecular flexibility index (Phi) is 6.88. The third-order valence-corrected chi connectivity index (χ3v) is 7.24. The van der Waals surface area contributed by atoms with Crippen LogP contribution >= 0.6 is 23.2 Å². The Bertz CT molecular complexity index is 1410. The van der Waals surface area contributed by atoms with Crippen LogP contribution in [-0.4, -0.2) is 45.4 Å². The summed E-state index contributed by atoms with van der Waals surface area (Å²) >= 11 is 13.0. The topological polar surface area (TPSA) is 103 Å². The highest BCUT2D eigenvalue weighted by atomic mass is 35.5. The van der Waals surface area contributed by atoms with Crippen molar-refractivity contribution in [3.8, 4) is 6.07 Å². The van der Waals surface area contributed by atoms with Crippen molar-refractivity contribution in [1.82, 2.24) is 9.47 Å². The molecule has 0 radical (unpaired) electrons. The van der Waals surface area contributed by atoms with Crippen LogP contribution in [0.1, 0.15) is 56.7 Å². The first-order chi connectivity index (χ1) is 16.6. The van der Waals surface area contributed by atoms with Gasteiger partial charge in [-0.3, -0.25) is 19.0 Å². The number of hydrogen-bond donors (Lipinski definition) is 1. The van der Waals surface area contributed by atoms with Crippen LogP contribution in [0, 0.1) is 31.1 Å². The van der Waals surface area contributed by atoms with Gasteiger partial charge in [0.15, 0.2) is 0 Å². The molecule has 1 amide bonds. The van der Waals surface area contributed by atoms with Crippen LogP contribution < -0.4 is 0 Å². The van der Waals surface area contributed by atoms with Crippen molar-refractivity contribution in [2.24, 2.45) is 5.92 Å². The average molecular weight is 512 g/mol. The number of fused-ring (bicyclic) bond motifs is 1. The highest BCUT2D eigenvalue weighted by Gasteiger charge is 2.29. The van der Waals surface area contributed by atoms with Crippen molar-refractivity contribution in [2.45, 2.75) is 33.1 Å². The number of benzene rings is 2. The van der Waals surface area contributed by atoms with Gasteiger partial charge in [0.25, 0.3) is 11.8 Å². The molecular weight excluding hydrogens is 489 g/mol. The summed E-state index contributed by atoms with van der Waals surface area (Å²) in [5, 5.41) is 19.2. The number of amides is 1. The lowest BCUT2D eigenvalue weighted by Crippen LogP contribution is -2.39. The number of piperidine rings is 1. The third-order valence-electron chi connectivity index (χ3n) is 6.54. The van der Waals surface area contributed by atoms with Gasteiger partial charge in [0.05, 0.1) is 38.3 Å². The number of hydrogen-bond acceptors (Lipinski definition) is 4. The lowest BCUT2D eigenvalue weighted by Gasteiger charge is -2.31. The Morgan fingerprint density at radius 3 is 2.40 bits per heavy atom. The second-order valence-electron chi connectivity index (χ2n) is 8.91. The fraction of sp³-hybridized carbons (Fsp3) is 0.308. The fourth-order valence-electron chi connectivity index (χ4n) is 4.74. The molecule has 9 heteroatoms. The lowest BCUT2D eigenvalue weighted by atomic mass is 9.93. The van der Waals surface area contributed by atoms with Gasteiger partial charge < -0.3 is 10.0 Å². The van der Waals surface area contributed by atoms with Crippen LogP contribution in [0.3, 0.4) is 0 Å². The number of aromatic nitrogens is 1. The standard InChI is InChI=1S/C26H23Cl2N3O4/c1-14-9-17(12-29)10-19-15(2)13-31(24(14)19)26(35)22-20(27)4-3-18(23(22)28)25(34)30-7-5-16(6-8-30)11-21(32)33/h3-4,9-10,13,16H,5-8,11H2,1-2H3,(H,32,33). The second kappa shape index (κ2) is 9.73. The fourth-order valence-corrected chi connectivity index (χ4v) is 5.36. The number of halogens is 2. The van der Waals surface area contributed by atoms with Gasteiger partial charge in [-0.15, -0.1) is 0 Å². The minimum Gasteiger partial charge on any atom is -0.481 e. The van der Waals surface area contributed by atoms with Gasteiger partial charge in [-0.1, -0.05) is 23.2 Å². The summed E-state index contributed by atoms with van der Waals surface area (Å²) in [5.74, 6) is -1.60. The quantitative estimate of drug-likeness (QED) is 0.501. The molecular formula is C26H23Cl2N3O4. The minimum absolute atomic E-state index is 0.0223. The van der Waals surface area contributed by atoms with Crippen molar-refractivity contribution in [3.05, 3.63) is 68.3 Å². The van der Waals surface area contributed by atoms with Crippen LogP contribution in [-0.2, 0) is 4.79 Å². The smallest absolute Gasteiger partial charge is 0.303 e. The molecule has 0 atom stereocenters. The molecule has 1 aliphatic rings. The molecule has 180 valence electrons. The molecule has 1 aromatic heterocycles. The molecule has 2 aromatic carbocycles. The van der Waals surface area contributed by atoms with E-state index in [-0.39, 0.29) is 39.4 Å². The summed E-state index contributed by atoms with van der Waals surface area (Å²) in [6.45, 7) is 4.51. The second-order valence-corrected chi connectivity index (χ2v) is 9.69. The number of aliphatic carboxylic acids is 1. The van der Waals surface area contributed by atoms with Crippen LogP contribution in [0.25, 0.3) is 10.9 Å². The zero-order chi connectivity index (χ0) is 25.4. The zero-order valence-corrected chi connectivity index (χ0v) is 20.8. The van der Waals surface area contributed by atoms with E-state index >= 15 is 0 Å². The highest BCUT2D eigenvalue weighted by molar-refractivity contribution is 6.41. The maximum Gasteiger partial charge on any atom is 0.303 e. The highest BCUT2D eigenvalue weighted by Crippen LogP contribution is 2.33. The van der Waals surface area contributed by atoms with Crippen molar-refractivity contribution < 1.29 is 19.5 Å². The van der Waals surface area contributed by atoms with Gasteiger partial charge in [0.2, 0.25) is 0 Å². The summed E-state index contributed by atoms with van der Waals surface area (Å²) in [4.78, 5) is 39.5. The monoisotopic (exact) mass is 511 g/mol. The maximum atomic E-state index is 13.7. The molecule has 1 saturated heterocycles. The van der Waals surface area contributed by atoms with E-state index in [1.54, 1.807) is 23.2 Å².